The quantitative estimate of drug-likeness (QED) is 0.105. The molecule has 0 aliphatic rings. The van der Waals surface area contributed by atoms with Crippen LogP contribution < -0.4 is 21.9 Å². The highest BCUT2D eigenvalue weighted by Gasteiger charge is 2.28. The molecule has 0 saturated heterocycles. The first kappa shape index (κ1) is 28.0. The van der Waals surface area contributed by atoms with Gasteiger partial charge in [0.25, 0.3) is 17.2 Å². The van der Waals surface area contributed by atoms with E-state index < -0.39 is 52.0 Å². The number of nitro groups is 1. The summed E-state index contributed by atoms with van der Waals surface area (Å²) in [5.41, 5.74) is 4.01. The summed E-state index contributed by atoms with van der Waals surface area (Å²) in [5, 5.41) is 35.5. The van der Waals surface area contributed by atoms with Crippen molar-refractivity contribution in [1.29, 1.82) is 0 Å². The number of carbonyl (C=O) groups excluding carboxylic acids is 1. The second-order valence-electron chi connectivity index (χ2n) is 8.32. The van der Waals surface area contributed by atoms with Gasteiger partial charge in [-0.1, -0.05) is 0 Å². The molecule has 0 spiro atoms. The van der Waals surface area contributed by atoms with Crippen molar-refractivity contribution < 1.29 is 29.5 Å². The highest BCUT2D eigenvalue weighted by molar-refractivity contribution is 6.01. The number of carboxylic acids is 2. The van der Waals surface area contributed by atoms with E-state index >= 15 is 0 Å². The minimum atomic E-state index is -1.67. The van der Waals surface area contributed by atoms with Crippen LogP contribution in [0.1, 0.15) is 22.5 Å². The molecule has 1 aromatic carbocycles. The molecule has 3 aromatic rings. The third-order valence-corrected chi connectivity index (χ3v) is 5.11. The predicted octanol–water partition coefficient (Wildman–Crippen LogP) is -0.0812. The summed E-state index contributed by atoms with van der Waals surface area (Å²) in [6, 6.07) is 1.85. The van der Waals surface area contributed by atoms with E-state index in [0.717, 1.165) is 12.1 Å². The van der Waals surface area contributed by atoms with Gasteiger partial charge in [0, 0.05) is 38.5 Å². The molecule has 17 nitrogen and oxygen atoms in total. The number of hydrogen-bond acceptors (Lipinski definition) is 12. The number of aromatic nitrogens is 4. The Bertz CT molecular complexity index is 1550. The minimum absolute atomic E-state index is 0.00723. The SMILES string of the molecule is CN(C)C=C(C[C@H](NC(=O)c1ccc(NCc2cnc3nc(N)[nH]c(=O)c3n2)cc1[N+](=O)[O-])C(=O)O)C(=O)O. The van der Waals surface area contributed by atoms with E-state index in [4.69, 9.17) is 5.73 Å². The van der Waals surface area contributed by atoms with Crippen LogP contribution in [0.15, 0.2) is 41.0 Å². The first-order valence-electron chi connectivity index (χ1n) is 11.0. The molecule has 7 N–H and O–H groups in total. The van der Waals surface area contributed by atoms with Gasteiger partial charge in [0.2, 0.25) is 5.95 Å². The number of nitrogens with two attached hydrogens (primary N) is 1. The minimum Gasteiger partial charge on any atom is -0.480 e. The van der Waals surface area contributed by atoms with E-state index in [1.807, 2.05) is 0 Å². The molecule has 17 heteroatoms. The number of amides is 1. The van der Waals surface area contributed by atoms with E-state index in [1.165, 1.54) is 37.5 Å². The number of nitrogen functional groups attached to an aromatic ring is 1. The molecular weight excluding hydrogens is 518 g/mol. The van der Waals surface area contributed by atoms with Crippen molar-refractivity contribution in [2.24, 2.45) is 0 Å². The van der Waals surface area contributed by atoms with E-state index in [9.17, 15) is 39.5 Å². The summed E-state index contributed by atoms with van der Waals surface area (Å²) in [7, 11) is 3.08. The van der Waals surface area contributed by atoms with Crippen molar-refractivity contribution in [3.63, 3.8) is 0 Å². The van der Waals surface area contributed by atoms with Gasteiger partial charge in [0.1, 0.15) is 11.6 Å². The number of rotatable bonds is 11. The number of fused-ring (bicyclic) bond motifs is 1. The molecule has 0 unspecified atom stereocenters. The van der Waals surface area contributed by atoms with Gasteiger partial charge in [-0.3, -0.25) is 24.7 Å². The molecule has 2 aromatic heterocycles. The molecule has 0 aliphatic heterocycles. The number of aliphatic carboxylic acids is 2. The summed E-state index contributed by atoms with van der Waals surface area (Å²) >= 11 is 0. The van der Waals surface area contributed by atoms with Crippen molar-refractivity contribution in [1.82, 2.24) is 30.2 Å². The van der Waals surface area contributed by atoms with E-state index in [-0.39, 0.29) is 34.9 Å². The van der Waals surface area contributed by atoms with Gasteiger partial charge < -0.3 is 31.5 Å². The van der Waals surface area contributed by atoms with E-state index in [1.54, 1.807) is 0 Å². The Kier molecular flexibility index (Phi) is 8.34. The highest BCUT2D eigenvalue weighted by Crippen LogP contribution is 2.24. The van der Waals surface area contributed by atoms with Crippen LogP contribution in [0.4, 0.5) is 17.3 Å². The standard InChI is InChI=1S/C22H23N9O8/c1-30(2)9-10(20(34)35)5-14(21(36)37)27-18(32)13-4-3-11(6-15(13)31(38)39)24-7-12-8-25-17-16(26-12)19(33)29-22(23)28-17/h3-4,6,8-9,14,24H,5,7H2,1-2H3,(H,27,32)(H,34,35)(H,36,37)(H3,23,25,28,29,33)/t14-/m0/s1. The molecule has 1 amide bonds. The third-order valence-electron chi connectivity index (χ3n) is 5.11. The molecule has 0 aliphatic carbocycles. The zero-order valence-electron chi connectivity index (χ0n) is 20.5. The number of nitrogens with one attached hydrogen (secondary N) is 3. The Hall–Kier alpha value is -5.61. The van der Waals surface area contributed by atoms with Gasteiger partial charge in [-0.25, -0.2) is 19.6 Å². The van der Waals surface area contributed by atoms with Crippen LogP contribution in [-0.4, -0.2) is 78.0 Å². The van der Waals surface area contributed by atoms with Crippen molar-refractivity contribution in [2.75, 3.05) is 25.1 Å². The number of nitro benzene ring substituents is 1. The topological polar surface area (TPSA) is 260 Å². The Morgan fingerprint density at radius 2 is 1.97 bits per heavy atom. The number of hydrogen-bond donors (Lipinski definition) is 6. The summed E-state index contributed by atoms with van der Waals surface area (Å²) in [4.78, 5) is 74.5. The number of nitrogens with zero attached hydrogens (tertiary/aromatic N) is 5. The molecule has 0 radical (unpaired) electrons. The zero-order chi connectivity index (χ0) is 28.9. The lowest BCUT2D eigenvalue weighted by Gasteiger charge is -2.16. The average molecular weight is 541 g/mol. The van der Waals surface area contributed by atoms with Gasteiger partial charge in [0.05, 0.1) is 28.9 Å². The maximum Gasteiger partial charge on any atom is 0.333 e. The van der Waals surface area contributed by atoms with Gasteiger partial charge in [0.15, 0.2) is 11.2 Å². The molecular formula is C22H23N9O8. The number of carboxylic acid groups (broad SMARTS) is 2. The normalized spacial score (nSPS) is 12.0. The molecule has 2 heterocycles. The lowest BCUT2D eigenvalue weighted by atomic mass is 10.1. The zero-order valence-corrected chi connectivity index (χ0v) is 20.5. The summed E-state index contributed by atoms with van der Waals surface area (Å²) in [6.07, 6.45) is 1.95. The lowest BCUT2D eigenvalue weighted by molar-refractivity contribution is -0.385. The summed E-state index contributed by atoms with van der Waals surface area (Å²) in [5.74, 6) is -4.11. The molecule has 1 atom stereocenters. The average Bonchev–Trinajstić information content (AvgIpc) is 2.85. The molecule has 204 valence electrons. The Labute approximate surface area is 218 Å². The summed E-state index contributed by atoms with van der Waals surface area (Å²) < 4.78 is 0. The number of benzene rings is 1. The highest BCUT2D eigenvalue weighted by atomic mass is 16.6. The monoisotopic (exact) mass is 541 g/mol. The van der Waals surface area contributed by atoms with Crippen molar-refractivity contribution in [2.45, 2.75) is 19.0 Å². The Morgan fingerprint density at radius 3 is 2.59 bits per heavy atom. The smallest absolute Gasteiger partial charge is 0.333 e. The molecule has 0 fully saturated rings. The van der Waals surface area contributed by atoms with Gasteiger partial charge >= 0.3 is 11.9 Å². The van der Waals surface area contributed by atoms with Crippen LogP contribution >= 0.6 is 0 Å². The first-order chi connectivity index (χ1) is 18.3. The van der Waals surface area contributed by atoms with Crippen molar-refractivity contribution in [3.05, 3.63) is 67.9 Å². The van der Waals surface area contributed by atoms with Gasteiger partial charge in [-0.05, 0) is 12.1 Å². The fraction of sp³-hybridized carbons (Fsp3) is 0.227. The van der Waals surface area contributed by atoms with Crippen molar-refractivity contribution in [3.8, 4) is 0 Å². The van der Waals surface area contributed by atoms with E-state index in [0.29, 0.717) is 5.69 Å². The number of carbonyl (C=O) groups is 3. The largest absolute Gasteiger partial charge is 0.480 e. The van der Waals surface area contributed by atoms with Crippen LogP contribution in [-0.2, 0) is 16.1 Å². The predicted molar refractivity (Wildman–Crippen MR) is 136 cm³/mol. The Morgan fingerprint density at radius 1 is 1.26 bits per heavy atom. The maximum atomic E-state index is 12.8. The first-order valence-corrected chi connectivity index (χ1v) is 11.0. The fourth-order valence-corrected chi connectivity index (χ4v) is 3.40. The van der Waals surface area contributed by atoms with Crippen LogP contribution in [0, 0.1) is 10.1 Å². The number of H-pyrrole nitrogens is 1. The molecule has 3 rings (SSSR count). The van der Waals surface area contributed by atoms with Gasteiger partial charge in [-0.15, -0.1) is 0 Å². The van der Waals surface area contributed by atoms with E-state index in [2.05, 4.69) is 30.6 Å². The number of aromatic amines is 1. The second kappa shape index (κ2) is 11.6. The summed E-state index contributed by atoms with van der Waals surface area (Å²) in [6.45, 7) is -0.00723. The van der Waals surface area contributed by atoms with Crippen LogP contribution in [0.3, 0.4) is 0 Å². The second-order valence-corrected chi connectivity index (χ2v) is 8.32. The van der Waals surface area contributed by atoms with Crippen LogP contribution in [0.2, 0.25) is 0 Å². The maximum absolute atomic E-state index is 12.8. The third kappa shape index (κ3) is 7.00. The Balaban J connectivity index is 1.80. The molecule has 0 saturated carbocycles. The van der Waals surface area contributed by atoms with Crippen LogP contribution in [0.25, 0.3) is 11.2 Å². The van der Waals surface area contributed by atoms with Crippen molar-refractivity contribution >= 4 is 46.3 Å². The lowest BCUT2D eigenvalue weighted by Crippen LogP contribution is -2.41. The fourth-order valence-electron chi connectivity index (χ4n) is 3.40. The van der Waals surface area contributed by atoms with Crippen LogP contribution in [0.5, 0.6) is 0 Å². The molecule has 39 heavy (non-hydrogen) atoms. The molecule has 0 bridgehead atoms. The van der Waals surface area contributed by atoms with Gasteiger partial charge in [-0.2, -0.15) is 4.98 Å². The number of anilines is 2.